The maximum Gasteiger partial charge on any atom is 0.255 e. The van der Waals surface area contributed by atoms with Gasteiger partial charge in [-0.05, 0) is 44.2 Å². The Balaban J connectivity index is 2.34. The highest BCUT2D eigenvalue weighted by Crippen LogP contribution is 2.41. The predicted octanol–water partition coefficient (Wildman–Crippen LogP) is 3.78. The van der Waals surface area contributed by atoms with Crippen molar-refractivity contribution in [3.8, 4) is 17.1 Å². The number of hydrogen-bond acceptors (Lipinski definition) is 5. The average Bonchev–Trinajstić information content (AvgIpc) is 3.03. The molecule has 2 aromatic carbocycles. The second kappa shape index (κ2) is 7.98. The molecule has 0 bridgehead atoms. The zero-order valence-electron chi connectivity index (χ0n) is 17.3. The highest BCUT2D eigenvalue weighted by molar-refractivity contribution is 7.92. The van der Waals surface area contributed by atoms with Gasteiger partial charge in [0.1, 0.15) is 22.9 Å². The normalized spacial score (nSPS) is 11.7. The molecule has 9 heteroatoms. The van der Waals surface area contributed by atoms with Crippen LogP contribution in [0.2, 0.25) is 0 Å². The standard InChI is InChI=1S/C21H23FN2O5S/c1-12(2)28-18-10-15-17(11-16(18)24(4)30(5,26)27)29-20(19(15)21(25)23-3)13-6-8-14(22)9-7-13/h6-12H,1-5H3,(H,23,25). The van der Waals surface area contributed by atoms with E-state index < -0.39 is 21.7 Å². The van der Waals surface area contributed by atoms with Crippen LogP contribution >= 0.6 is 0 Å². The number of fused-ring (bicyclic) bond motifs is 1. The minimum Gasteiger partial charge on any atom is -0.489 e. The van der Waals surface area contributed by atoms with Crippen molar-refractivity contribution in [2.24, 2.45) is 0 Å². The summed E-state index contributed by atoms with van der Waals surface area (Å²) in [4.78, 5) is 12.7. The highest BCUT2D eigenvalue weighted by Gasteiger charge is 2.26. The molecule has 0 aliphatic heterocycles. The molecule has 1 aromatic heterocycles. The molecule has 7 nitrogen and oxygen atoms in total. The Hall–Kier alpha value is -3.07. The number of furan rings is 1. The second-order valence-corrected chi connectivity index (χ2v) is 9.12. The van der Waals surface area contributed by atoms with E-state index in [1.807, 2.05) is 13.8 Å². The van der Waals surface area contributed by atoms with Gasteiger partial charge in [-0.15, -0.1) is 0 Å². The molecule has 0 aliphatic rings. The zero-order valence-corrected chi connectivity index (χ0v) is 18.1. The van der Waals surface area contributed by atoms with E-state index in [9.17, 15) is 17.6 Å². The number of nitrogens with zero attached hydrogens (tertiary/aromatic N) is 1. The Bertz CT molecular complexity index is 1200. The summed E-state index contributed by atoms with van der Waals surface area (Å²) in [6.07, 6.45) is 0.847. The number of carbonyl (C=O) groups excluding carboxylic acids is 1. The number of sulfonamides is 1. The third-order valence-electron chi connectivity index (χ3n) is 4.53. The largest absolute Gasteiger partial charge is 0.489 e. The van der Waals surface area contributed by atoms with Gasteiger partial charge in [0.2, 0.25) is 10.0 Å². The number of carbonyl (C=O) groups is 1. The lowest BCUT2D eigenvalue weighted by molar-refractivity contribution is 0.0964. The molecule has 0 aliphatic carbocycles. The first-order valence-electron chi connectivity index (χ1n) is 9.22. The SMILES string of the molecule is CNC(=O)c1c(-c2ccc(F)cc2)oc2cc(N(C)S(C)(=O)=O)c(OC(C)C)cc12. The predicted molar refractivity (Wildman–Crippen MR) is 114 cm³/mol. The molecular weight excluding hydrogens is 411 g/mol. The van der Waals surface area contributed by atoms with E-state index in [0.29, 0.717) is 22.3 Å². The van der Waals surface area contributed by atoms with E-state index in [0.717, 1.165) is 10.6 Å². The molecule has 160 valence electrons. The molecule has 1 heterocycles. The Morgan fingerprint density at radius 1 is 1.20 bits per heavy atom. The van der Waals surface area contributed by atoms with Crippen LogP contribution in [0.5, 0.6) is 5.75 Å². The van der Waals surface area contributed by atoms with Crippen LogP contribution in [0.4, 0.5) is 10.1 Å². The summed E-state index contributed by atoms with van der Waals surface area (Å²) in [6, 6.07) is 8.67. The van der Waals surface area contributed by atoms with Crippen molar-refractivity contribution in [2.45, 2.75) is 20.0 Å². The van der Waals surface area contributed by atoms with Gasteiger partial charge in [0, 0.05) is 31.1 Å². The molecule has 1 amide bonds. The molecule has 30 heavy (non-hydrogen) atoms. The second-order valence-electron chi connectivity index (χ2n) is 7.11. The number of amides is 1. The Labute approximate surface area is 174 Å². The molecule has 1 N–H and O–H groups in total. The summed E-state index contributed by atoms with van der Waals surface area (Å²) >= 11 is 0. The topological polar surface area (TPSA) is 88.9 Å². The van der Waals surface area contributed by atoms with Crippen LogP contribution < -0.4 is 14.4 Å². The van der Waals surface area contributed by atoms with Crippen molar-refractivity contribution in [3.63, 3.8) is 0 Å². The summed E-state index contributed by atoms with van der Waals surface area (Å²) < 4.78 is 50.5. The van der Waals surface area contributed by atoms with Gasteiger partial charge in [-0.2, -0.15) is 0 Å². The van der Waals surface area contributed by atoms with Gasteiger partial charge in [-0.25, -0.2) is 12.8 Å². The zero-order chi connectivity index (χ0) is 22.2. The van der Waals surface area contributed by atoms with Crippen molar-refractivity contribution in [1.82, 2.24) is 5.32 Å². The fourth-order valence-electron chi connectivity index (χ4n) is 3.04. The van der Waals surface area contributed by atoms with Crippen LogP contribution in [0.25, 0.3) is 22.3 Å². The van der Waals surface area contributed by atoms with Gasteiger partial charge in [-0.1, -0.05) is 0 Å². The van der Waals surface area contributed by atoms with Crippen molar-refractivity contribution in [1.29, 1.82) is 0 Å². The maximum absolute atomic E-state index is 13.4. The summed E-state index contributed by atoms with van der Waals surface area (Å²) in [7, 11) is -0.670. The highest BCUT2D eigenvalue weighted by atomic mass is 32.2. The van der Waals surface area contributed by atoms with Crippen molar-refractivity contribution < 1.29 is 26.8 Å². The number of benzene rings is 2. The molecule has 3 aromatic rings. The first kappa shape index (κ1) is 21.6. The fourth-order valence-corrected chi connectivity index (χ4v) is 3.54. The molecule has 0 saturated carbocycles. The van der Waals surface area contributed by atoms with Crippen LogP contribution in [0.15, 0.2) is 40.8 Å². The van der Waals surface area contributed by atoms with E-state index >= 15 is 0 Å². The first-order chi connectivity index (χ1) is 14.0. The Kier molecular flexibility index (Phi) is 5.76. The van der Waals surface area contributed by atoms with Crippen LogP contribution in [0.3, 0.4) is 0 Å². The smallest absolute Gasteiger partial charge is 0.255 e. The number of anilines is 1. The van der Waals surface area contributed by atoms with E-state index in [2.05, 4.69) is 5.32 Å². The van der Waals surface area contributed by atoms with Gasteiger partial charge < -0.3 is 14.5 Å². The van der Waals surface area contributed by atoms with Gasteiger partial charge in [0.05, 0.1) is 23.6 Å². The minimum absolute atomic E-state index is 0.235. The number of hydrogen-bond donors (Lipinski definition) is 1. The van der Waals surface area contributed by atoms with Gasteiger partial charge >= 0.3 is 0 Å². The molecule has 3 rings (SSSR count). The number of nitrogens with one attached hydrogen (secondary N) is 1. The summed E-state index contributed by atoms with van der Waals surface area (Å²) in [5.41, 5.74) is 1.34. The van der Waals surface area contributed by atoms with E-state index in [-0.39, 0.29) is 23.1 Å². The summed E-state index contributed by atoms with van der Waals surface area (Å²) in [5, 5.41) is 3.04. The lowest BCUT2D eigenvalue weighted by Gasteiger charge is -2.21. The quantitative estimate of drug-likeness (QED) is 0.638. The first-order valence-corrected chi connectivity index (χ1v) is 11.1. The Morgan fingerprint density at radius 3 is 2.37 bits per heavy atom. The van der Waals surface area contributed by atoms with E-state index in [4.69, 9.17) is 9.15 Å². The van der Waals surface area contributed by atoms with Crippen LogP contribution in [-0.2, 0) is 10.0 Å². The van der Waals surface area contributed by atoms with Crippen molar-refractivity contribution >= 4 is 32.6 Å². The third kappa shape index (κ3) is 4.11. The third-order valence-corrected chi connectivity index (χ3v) is 5.72. The van der Waals surface area contributed by atoms with Gasteiger partial charge in [-0.3, -0.25) is 9.10 Å². The van der Waals surface area contributed by atoms with Crippen LogP contribution in [0.1, 0.15) is 24.2 Å². The maximum atomic E-state index is 13.4. The number of ether oxygens (including phenoxy) is 1. The van der Waals surface area contributed by atoms with Crippen LogP contribution in [-0.4, -0.2) is 40.8 Å². The fraction of sp³-hybridized carbons (Fsp3) is 0.286. The molecule has 0 radical (unpaired) electrons. The summed E-state index contributed by atoms with van der Waals surface area (Å²) in [6.45, 7) is 3.63. The van der Waals surface area contributed by atoms with Crippen LogP contribution in [0, 0.1) is 5.82 Å². The van der Waals surface area contributed by atoms with Gasteiger partial charge in [0.25, 0.3) is 5.91 Å². The molecule has 0 fully saturated rings. The lowest BCUT2D eigenvalue weighted by atomic mass is 10.0. The monoisotopic (exact) mass is 434 g/mol. The molecule has 0 atom stereocenters. The Morgan fingerprint density at radius 2 is 1.83 bits per heavy atom. The van der Waals surface area contributed by atoms with Gasteiger partial charge in [0.15, 0.2) is 0 Å². The molecule has 0 spiro atoms. The van der Waals surface area contributed by atoms with Crippen molar-refractivity contribution in [2.75, 3.05) is 24.7 Å². The average molecular weight is 434 g/mol. The van der Waals surface area contributed by atoms with E-state index in [1.54, 1.807) is 6.07 Å². The minimum atomic E-state index is -3.57. The number of rotatable bonds is 6. The lowest BCUT2D eigenvalue weighted by Crippen LogP contribution is -2.26. The molecular formula is C21H23FN2O5S. The van der Waals surface area contributed by atoms with E-state index in [1.165, 1.54) is 44.4 Å². The molecule has 0 unspecified atom stereocenters. The molecule has 0 saturated heterocycles. The number of halogens is 1. The summed E-state index contributed by atoms with van der Waals surface area (Å²) in [5.74, 6) is -0.269. The van der Waals surface area contributed by atoms with Crippen molar-refractivity contribution in [3.05, 3.63) is 47.8 Å².